The lowest BCUT2D eigenvalue weighted by Gasteiger charge is -2.42. The number of cyclic esters (lactones) is 1. The first-order valence-corrected chi connectivity index (χ1v) is 52.6. The van der Waals surface area contributed by atoms with E-state index in [0.717, 1.165) is 18.6 Å². The fraction of sp³-hybridized carbons (Fsp3) is 0.872. The number of likely N-dealkylation sites (tertiary alicyclic amines) is 1. The highest BCUT2D eigenvalue weighted by atomic mass is 28.4. The van der Waals surface area contributed by atoms with Gasteiger partial charge >= 0.3 is 53.7 Å². The van der Waals surface area contributed by atoms with Gasteiger partial charge in [0.05, 0.1) is 142 Å². The van der Waals surface area contributed by atoms with E-state index in [2.05, 4.69) is 167 Å². The molecule has 3 rings (SSSR count). The SMILES string of the molecule is CCOC(=O)C1=CC[C@@H](CO[Si](C)(C)C(C)(C)C)N(C)C1.CCOC(=O)C1CN(C)[C@H](CO[Si](C)(C)C(C)(C)C)CC1O.CCOC(=O)C[C@@H](CO)NC.CCOC(=O)C[C@@H](CO)NC.CCOC(=O)C[C@@H](CO)NC.CCOC(=O)C[C@@H](CO[Si](C)(C)C(C)(C)C)NC.CCOC(=O)C[C@H](N)CO.CN[C@@H]1COC(=O)C1.CN[C@H](CO)CC(=O)OC(C)(C)C. The quantitative estimate of drug-likeness (QED) is 0.0200. The molecule has 0 aliphatic carbocycles. The second kappa shape index (κ2) is 71.6. The van der Waals surface area contributed by atoms with Crippen molar-refractivity contribution < 1.29 is 130 Å². The van der Waals surface area contributed by atoms with Crippen LogP contribution in [0, 0.1) is 5.92 Å². The minimum absolute atomic E-state index is 0.0261. The fourth-order valence-corrected chi connectivity index (χ4v) is 12.8. The molecule has 11 atom stereocenters. The van der Waals surface area contributed by atoms with Crippen LogP contribution in [0.4, 0.5) is 0 Å². The van der Waals surface area contributed by atoms with Gasteiger partial charge in [0, 0.05) is 86.8 Å². The molecule has 0 aromatic heterocycles. The number of ether oxygens (including phenoxy) is 9. The first kappa shape index (κ1) is 131. The molecule has 39 heteroatoms. The largest absolute Gasteiger partial charge is 0.466 e. The number of hydrogen-bond donors (Lipinski definition) is 13. The van der Waals surface area contributed by atoms with Gasteiger partial charge in [0.2, 0.25) is 0 Å². The summed E-state index contributed by atoms with van der Waals surface area (Å²) in [6.07, 6.45) is 4.60. The number of nitrogens with zero attached hydrogens (tertiary/aromatic N) is 2. The molecule has 3 aliphatic rings. The third-order valence-electron chi connectivity index (χ3n) is 21.1. The van der Waals surface area contributed by atoms with Crippen molar-refractivity contribution in [2.45, 2.75) is 310 Å². The molecule has 0 saturated carbocycles. The van der Waals surface area contributed by atoms with Crippen molar-refractivity contribution in [1.82, 2.24) is 41.7 Å². The Balaban J connectivity index is -0.000000325. The predicted octanol–water partition coefficient (Wildman–Crippen LogP) is 5.64. The number of nitrogens with one attached hydrogen (secondary N) is 6. The minimum Gasteiger partial charge on any atom is -0.466 e. The van der Waals surface area contributed by atoms with E-state index in [4.69, 9.17) is 63.5 Å². The Labute approximate surface area is 754 Å². The molecule has 3 aliphatic heterocycles. The molecular formula is C86H179N9O27Si3. The maximum absolute atomic E-state index is 11.9. The summed E-state index contributed by atoms with van der Waals surface area (Å²) in [5, 5.41) is 71.4. The molecule has 2 saturated heterocycles. The van der Waals surface area contributed by atoms with Crippen molar-refractivity contribution >= 4 is 78.7 Å². The Hall–Kier alpha value is -5.10. The van der Waals surface area contributed by atoms with Crippen molar-refractivity contribution in [3.05, 3.63) is 11.6 Å². The molecule has 0 aromatic rings. The van der Waals surface area contributed by atoms with E-state index in [1.165, 1.54) is 0 Å². The number of aliphatic hydroxyl groups is 6. The van der Waals surface area contributed by atoms with Gasteiger partial charge in [0.25, 0.3) is 0 Å². The Morgan fingerprint density at radius 1 is 0.480 bits per heavy atom. The zero-order chi connectivity index (χ0) is 98.3. The predicted molar refractivity (Wildman–Crippen MR) is 495 cm³/mol. The van der Waals surface area contributed by atoms with Gasteiger partial charge in [-0.3, -0.25) is 43.3 Å². The average Bonchev–Trinajstić information content (AvgIpc) is 1.06. The van der Waals surface area contributed by atoms with E-state index < -0.39 is 48.6 Å². The number of hydrogen-bond acceptors (Lipinski definition) is 36. The van der Waals surface area contributed by atoms with Gasteiger partial charge in [-0.05, 0) is 193 Å². The Bertz CT molecular complexity index is 2820. The van der Waals surface area contributed by atoms with Crippen LogP contribution in [-0.2, 0) is 99.1 Å². The highest BCUT2D eigenvalue weighted by molar-refractivity contribution is 6.75. The number of piperidine rings is 1. The molecule has 36 nitrogen and oxygen atoms in total. The zero-order valence-electron chi connectivity index (χ0n) is 83.2. The molecule has 0 bridgehead atoms. The van der Waals surface area contributed by atoms with E-state index in [-0.39, 0.29) is 176 Å². The van der Waals surface area contributed by atoms with Crippen LogP contribution in [0.5, 0.6) is 0 Å². The maximum atomic E-state index is 11.9. The standard InChI is InChI=1S/C16H33NO4Si.C16H31NO3Si.C13H29NO3Si.C9H19NO3.3C7H15NO3.C6H13NO3.C5H9NO2/c1-8-20-15(19)13-10-17(5)12(9-14(13)18)11-21-22(6,7)16(2,3)4;1-8-19-15(18)13-9-10-14(17(5)11-13)12-20-21(6,7)16(2,3)4;1-8-16-12(15)9-11(14-5)10-17-18(6,7)13(2,3)4;1-9(2,3)13-8(12)5-7(6-11)10-4;3*1-3-11-7(10)4-6(5-9)8-2;1-2-10-6(9)3-5(7)4-8;1-6-4-2-5(7)8-3-4/h12-14,18H,8-11H2,1-7H3;9,14H,8,10-12H2,1-7H3;11,14H,8-10H2,1-7H3;7,10-11H,5-6H2,1-4H3;3*6,8-9H,3-5H2,1-2H3;5,8H,2-4,7H2,1H3;4,6H,2-3H2,1H3/t12-,13?,14?;14-;11-;7-;3*6-;5-;4-/m000000000/s1. The monoisotopic (exact) mass is 1850 g/mol. The van der Waals surface area contributed by atoms with Crippen LogP contribution in [0.25, 0.3) is 0 Å². The lowest BCUT2D eigenvalue weighted by molar-refractivity contribution is -0.157. The second-order valence-corrected chi connectivity index (χ2v) is 50.0. The van der Waals surface area contributed by atoms with Crippen LogP contribution in [-0.4, -0.2) is 360 Å². The number of esters is 9. The third kappa shape index (κ3) is 65.2. The molecule has 2 unspecified atom stereocenters. The Morgan fingerprint density at radius 2 is 0.816 bits per heavy atom. The maximum Gasteiger partial charge on any atom is 0.334 e. The number of aliphatic hydroxyl groups excluding tert-OH is 6. The Kier molecular flexibility index (Phi) is 74.9. The van der Waals surface area contributed by atoms with Crippen LogP contribution in [0.2, 0.25) is 54.4 Å². The van der Waals surface area contributed by atoms with E-state index in [9.17, 15) is 48.3 Å². The summed E-state index contributed by atoms with van der Waals surface area (Å²) in [6, 6.07) is -0.487. The van der Waals surface area contributed by atoms with Gasteiger partial charge in [0.1, 0.15) is 12.2 Å². The van der Waals surface area contributed by atoms with E-state index in [1.54, 1.807) is 62.8 Å². The number of rotatable bonds is 41. The summed E-state index contributed by atoms with van der Waals surface area (Å²) in [5.74, 6) is -2.68. The van der Waals surface area contributed by atoms with Gasteiger partial charge in [0.15, 0.2) is 25.0 Å². The highest BCUT2D eigenvalue weighted by Gasteiger charge is 2.43. The average molecular weight is 1860 g/mol. The molecular weight excluding hydrogens is 1680 g/mol. The van der Waals surface area contributed by atoms with Gasteiger partial charge in [-0.1, -0.05) is 68.4 Å². The molecule has 3 heterocycles. The summed E-state index contributed by atoms with van der Waals surface area (Å²) < 4.78 is 62.1. The van der Waals surface area contributed by atoms with Crippen LogP contribution in [0.1, 0.15) is 189 Å². The zero-order valence-corrected chi connectivity index (χ0v) is 86.2. The van der Waals surface area contributed by atoms with Crippen LogP contribution >= 0.6 is 0 Å². The topological polar surface area (TPSA) is 490 Å². The molecule has 0 amide bonds. The first-order valence-electron chi connectivity index (χ1n) is 43.9. The normalized spacial score (nSPS) is 18.1. The minimum atomic E-state index is -1.79. The van der Waals surface area contributed by atoms with Crippen molar-refractivity contribution in [3.8, 4) is 0 Å². The molecule has 125 heavy (non-hydrogen) atoms. The van der Waals surface area contributed by atoms with E-state index in [0.29, 0.717) is 104 Å². The first-order chi connectivity index (χ1) is 57.8. The van der Waals surface area contributed by atoms with E-state index in [1.807, 2.05) is 68.9 Å². The smallest absolute Gasteiger partial charge is 0.334 e. The van der Waals surface area contributed by atoms with E-state index >= 15 is 0 Å². The van der Waals surface area contributed by atoms with Crippen molar-refractivity contribution in [2.24, 2.45) is 11.7 Å². The Morgan fingerprint density at radius 3 is 1.10 bits per heavy atom. The number of carbonyl (C=O) groups is 9. The van der Waals surface area contributed by atoms with Gasteiger partial charge in [-0.15, -0.1) is 0 Å². The van der Waals surface area contributed by atoms with Gasteiger partial charge < -0.3 is 129 Å². The summed E-state index contributed by atoms with van der Waals surface area (Å²) in [6.45, 7) is 57.3. The van der Waals surface area contributed by atoms with Crippen LogP contribution in [0.15, 0.2) is 11.6 Å². The summed E-state index contributed by atoms with van der Waals surface area (Å²) >= 11 is 0. The summed E-state index contributed by atoms with van der Waals surface area (Å²) in [5.41, 5.74) is 5.57. The fourth-order valence-electron chi connectivity index (χ4n) is 9.68. The molecule has 2 fully saturated rings. The lowest BCUT2D eigenvalue weighted by atomic mass is 9.90. The van der Waals surface area contributed by atoms with Crippen LogP contribution < -0.4 is 37.6 Å². The third-order valence-corrected chi connectivity index (χ3v) is 34.6. The highest BCUT2D eigenvalue weighted by Crippen LogP contribution is 2.39. The molecule has 742 valence electrons. The van der Waals surface area contributed by atoms with Crippen molar-refractivity contribution in [3.63, 3.8) is 0 Å². The van der Waals surface area contributed by atoms with Crippen molar-refractivity contribution in [1.29, 1.82) is 0 Å². The molecule has 0 aromatic carbocycles. The number of nitrogens with two attached hydrogens (primary N) is 1. The molecule has 0 spiro atoms. The van der Waals surface area contributed by atoms with Crippen LogP contribution in [0.3, 0.4) is 0 Å². The summed E-state index contributed by atoms with van der Waals surface area (Å²) in [4.78, 5) is 104. The number of likely N-dealkylation sites (N-methyl/N-ethyl adjacent to an activating group) is 8. The number of carbonyl (C=O) groups excluding carboxylic acids is 9. The van der Waals surface area contributed by atoms with Crippen molar-refractivity contribution in [2.75, 3.05) is 175 Å². The molecule has 0 radical (unpaired) electrons. The van der Waals surface area contributed by atoms with Gasteiger partial charge in [-0.25, -0.2) is 4.79 Å². The summed E-state index contributed by atoms with van der Waals surface area (Å²) in [7, 11) is 9.24. The second-order valence-electron chi connectivity index (χ2n) is 35.5. The lowest BCUT2D eigenvalue weighted by Crippen LogP contribution is -2.54. The molecule has 14 N–H and O–H groups in total. The van der Waals surface area contributed by atoms with Gasteiger partial charge in [-0.2, -0.15) is 0 Å².